The number of rotatable bonds is 6. The van der Waals surface area contributed by atoms with Gasteiger partial charge in [-0.15, -0.1) is 0 Å². The van der Waals surface area contributed by atoms with Gasteiger partial charge in [-0.1, -0.05) is 6.07 Å². The minimum absolute atomic E-state index is 0.114. The number of benzene rings is 1. The topological polar surface area (TPSA) is 82.2 Å². The molecule has 0 fully saturated rings. The number of amides is 1. The molecule has 140 valence electrons. The van der Waals surface area contributed by atoms with Gasteiger partial charge in [0.2, 0.25) is 0 Å². The van der Waals surface area contributed by atoms with Crippen LogP contribution in [0.3, 0.4) is 0 Å². The number of pyridine rings is 1. The van der Waals surface area contributed by atoms with E-state index < -0.39 is 0 Å². The first-order valence-corrected chi connectivity index (χ1v) is 8.90. The van der Waals surface area contributed by atoms with E-state index in [4.69, 9.17) is 0 Å². The maximum Gasteiger partial charge on any atom is 0.290 e. The predicted molar refractivity (Wildman–Crippen MR) is 107 cm³/mol. The molecule has 0 unspecified atom stereocenters. The summed E-state index contributed by atoms with van der Waals surface area (Å²) in [7, 11) is 0. The Kier molecular flexibility index (Phi) is 5.40. The van der Waals surface area contributed by atoms with Gasteiger partial charge in [0.05, 0.1) is 11.9 Å². The van der Waals surface area contributed by atoms with Crippen LogP contribution in [0.2, 0.25) is 0 Å². The molecule has 7 nitrogen and oxygen atoms in total. The lowest BCUT2D eigenvalue weighted by Gasteiger charge is -2.21. The Balaban J connectivity index is 1.75. The standard InChI is InChI=1S/C20H23N5O2/c1-4-24(5-2)16-10-9-15(17(26)12-16)13-21-23-20(27)19-14(3)22-18-8-6-7-11-25(18)19/h6-13,26H,4-5H2,1-3H3,(H,23,27). The van der Waals surface area contributed by atoms with Crippen molar-refractivity contribution in [3.05, 3.63) is 59.5 Å². The number of aryl methyl sites for hydroxylation is 1. The lowest BCUT2D eigenvalue weighted by molar-refractivity contribution is 0.0948. The number of hydrazone groups is 1. The van der Waals surface area contributed by atoms with E-state index in [1.54, 1.807) is 29.7 Å². The Morgan fingerprint density at radius 3 is 2.78 bits per heavy atom. The highest BCUT2D eigenvalue weighted by Gasteiger charge is 2.15. The molecule has 2 heterocycles. The summed E-state index contributed by atoms with van der Waals surface area (Å²) in [4.78, 5) is 19.0. The van der Waals surface area contributed by atoms with Crippen LogP contribution in [-0.2, 0) is 0 Å². The van der Waals surface area contributed by atoms with Crippen molar-refractivity contribution in [3.63, 3.8) is 0 Å². The zero-order chi connectivity index (χ0) is 19.4. The number of carbonyl (C=O) groups is 1. The van der Waals surface area contributed by atoms with Gasteiger partial charge in [0, 0.05) is 36.6 Å². The normalized spacial score (nSPS) is 11.2. The van der Waals surface area contributed by atoms with E-state index in [1.807, 2.05) is 24.3 Å². The van der Waals surface area contributed by atoms with Gasteiger partial charge in [-0.2, -0.15) is 5.10 Å². The van der Waals surface area contributed by atoms with Crippen molar-refractivity contribution in [2.45, 2.75) is 20.8 Å². The number of aromatic hydroxyl groups is 1. The first-order chi connectivity index (χ1) is 13.0. The van der Waals surface area contributed by atoms with E-state index in [-0.39, 0.29) is 11.7 Å². The van der Waals surface area contributed by atoms with E-state index in [0.717, 1.165) is 18.8 Å². The number of hydrogen-bond acceptors (Lipinski definition) is 5. The third-order valence-corrected chi connectivity index (χ3v) is 4.43. The smallest absolute Gasteiger partial charge is 0.290 e. The molecule has 1 amide bonds. The number of carbonyl (C=O) groups excluding carboxylic acids is 1. The fourth-order valence-electron chi connectivity index (χ4n) is 3.03. The molecule has 3 aromatic rings. The van der Waals surface area contributed by atoms with Crippen molar-refractivity contribution in [2.24, 2.45) is 5.10 Å². The molecule has 3 rings (SSSR count). The summed E-state index contributed by atoms with van der Waals surface area (Å²) >= 11 is 0. The number of imidazole rings is 1. The summed E-state index contributed by atoms with van der Waals surface area (Å²) in [6, 6.07) is 10.9. The largest absolute Gasteiger partial charge is 0.507 e. The lowest BCUT2D eigenvalue weighted by Crippen LogP contribution is -2.21. The van der Waals surface area contributed by atoms with Crippen molar-refractivity contribution in [3.8, 4) is 5.75 Å². The number of fused-ring (bicyclic) bond motifs is 1. The minimum Gasteiger partial charge on any atom is -0.507 e. The minimum atomic E-state index is -0.360. The molecule has 0 atom stereocenters. The van der Waals surface area contributed by atoms with E-state index in [9.17, 15) is 9.90 Å². The Hall–Kier alpha value is -3.35. The average Bonchev–Trinajstić information content (AvgIpc) is 3.00. The van der Waals surface area contributed by atoms with Crippen LogP contribution in [0.1, 0.15) is 35.6 Å². The van der Waals surface area contributed by atoms with Crippen LogP contribution >= 0.6 is 0 Å². The molecule has 0 saturated heterocycles. The van der Waals surface area contributed by atoms with Gasteiger partial charge in [0.1, 0.15) is 17.1 Å². The third kappa shape index (κ3) is 3.76. The van der Waals surface area contributed by atoms with Crippen LogP contribution in [0.25, 0.3) is 5.65 Å². The molecule has 0 radical (unpaired) electrons. The molecule has 27 heavy (non-hydrogen) atoms. The van der Waals surface area contributed by atoms with Crippen molar-refractivity contribution in [1.82, 2.24) is 14.8 Å². The van der Waals surface area contributed by atoms with Crippen LogP contribution in [-0.4, -0.2) is 39.7 Å². The van der Waals surface area contributed by atoms with Crippen LogP contribution in [0.15, 0.2) is 47.7 Å². The molecule has 2 N–H and O–H groups in total. The van der Waals surface area contributed by atoms with E-state index in [1.165, 1.54) is 6.21 Å². The summed E-state index contributed by atoms with van der Waals surface area (Å²) in [5.74, 6) is -0.245. The second kappa shape index (κ2) is 7.90. The van der Waals surface area contributed by atoms with Crippen molar-refractivity contribution in [2.75, 3.05) is 18.0 Å². The summed E-state index contributed by atoms with van der Waals surface area (Å²) < 4.78 is 1.72. The first kappa shape index (κ1) is 18.4. The molecule has 0 saturated carbocycles. The Bertz CT molecular complexity index is 989. The molecular weight excluding hydrogens is 342 g/mol. The number of aromatic nitrogens is 2. The van der Waals surface area contributed by atoms with Gasteiger partial charge >= 0.3 is 0 Å². The molecule has 0 aliphatic rings. The van der Waals surface area contributed by atoms with Crippen LogP contribution < -0.4 is 10.3 Å². The zero-order valence-corrected chi connectivity index (χ0v) is 15.7. The van der Waals surface area contributed by atoms with Gasteiger partial charge < -0.3 is 10.0 Å². The molecule has 0 spiro atoms. The van der Waals surface area contributed by atoms with Gasteiger partial charge in [0.15, 0.2) is 0 Å². The summed E-state index contributed by atoms with van der Waals surface area (Å²) in [6.07, 6.45) is 3.21. The van der Waals surface area contributed by atoms with E-state index in [0.29, 0.717) is 22.6 Å². The highest BCUT2D eigenvalue weighted by molar-refractivity contribution is 5.95. The van der Waals surface area contributed by atoms with Gasteiger partial charge in [-0.05, 0) is 45.0 Å². The molecule has 0 aliphatic carbocycles. The molecule has 0 bridgehead atoms. The fourth-order valence-corrected chi connectivity index (χ4v) is 3.03. The molecule has 0 aliphatic heterocycles. The van der Waals surface area contributed by atoms with Crippen LogP contribution in [0.4, 0.5) is 5.69 Å². The molecular formula is C20H23N5O2. The number of nitrogens with one attached hydrogen (secondary N) is 1. The number of hydrogen-bond donors (Lipinski definition) is 2. The predicted octanol–water partition coefficient (Wildman–Crippen LogP) is 2.96. The van der Waals surface area contributed by atoms with Crippen molar-refractivity contribution >= 4 is 23.5 Å². The van der Waals surface area contributed by atoms with Crippen LogP contribution in [0.5, 0.6) is 5.75 Å². The zero-order valence-electron chi connectivity index (χ0n) is 15.7. The number of anilines is 1. The first-order valence-electron chi connectivity index (χ1n) is 8.90. The maximum atomic E-state index is 12.5. The summed E-state index contributed by atoms with van der Waals surface area (Å²) in [6.45, 7) is 7.63. The maximum absolute atomic E-state index is 12.5. The Labute approximate surface area is 158 Å². The SMILES string of the molecule is CCN(CC)c1ccc(C=NNC(=O)c2c(C)nc3ccccn23)c(O)c1. The third-order valence-electron chi connectivity index (χ3n) is 4.43. The van der Waals surface area contributed by atoms with E-state index in [2.05, 4.69) is 34.3 Å². The monoisotopic (exact) mass is 365 g/mol. The Morgan fingerprint density at radius 2 is 2.07 bits per heavy atom. The van der Waals surface area contributed by atoms with Gasteiger partial charge in [0.25, 0.3) is 5.91 Å². The second-order valence-corrected chi connectivity index (χ2v) is 6.09. The highest BCUT2D eigenvalue weighted by Crippen LogP contribution is 2.23. The summed E-state index contributed by atoms with van der Waals surface area (Å²) in [5.41, 5.74) is 5.74. The second-order valence-electron chi connectivity index (χ2n) is 6.09. The molecule has 7 heteroatoms. The quantitative estimate of drug-likeness (QED) is 0.520. The lowest BCUT2D eigenvalue weighted by atomic mass is 10.2. The van der Waals surface area contributed by atoms with Gasteiger partial charge in [-0.3, -0.25) is 9.20 Å². The van der Waals surface area contributed by atoms with Gasteiger partial charge in [-0.25, -0.2) is 10.4 Å². The van der Waals surface area contributed by atoms with E-state index >= 15 is 0 Å². The van der Waals surface area contributed by atoms with Crippen molar-refractivity contribution in [1.29, 1.82) is 0 Å². The molecule has 2 aromatic heterocycles. The fraction of sp³-hybridized carbons (Fsp3) is 0.250. The number of phenolic OH excluding ortho intramolecular Hbond substituents is 1. The number of phenols is 1. The molecule has 1 aromatic carbocycles. The highest BCUT2D eigenvalue weighted by atomic mass is 16.3. The Morgan fingerprint density at radius 1 is 1.30 bits per heavy atom. The average molecular weight is 365 g/mol. The van der Waals surface area contributed by atoms with Crippen molar-refractivity contribution < 1.29 is 9.90 Å². The van der Waals surface area contributed by atoms with Crippen LogP contribution in [0, 0.1) is 6.92 Å². The summed E-state index contributed by atoms with van der Waals surface area (Å²) in [5, 5.41) is 14.2. The number of nitrogens with zero attached hydrogens (tertiary/aromatic N) is 4.